The summed E-state index contributed by atoms with van der Waals surface area (Å²) in [6.45, 7) is 5.94. The zero-order valence-electron chi connectivity index (χ0n) is 13.6. The van der Waals surface area contributed by atoms with E-state index in [1.807, 2.05) is 31.2 Å². The van der Waals surface area contributed by atoms with Crippen molar-refractivity contribution in [2.24, 2.45) is 0 Å². The van der Waals surface area contributed by atoms with E-state index in [2.05, 4.69) is 10.5 Å². The molecule has 0 saturated heterocycles. The Bertz CT molecular complexity index is 694. The van der Waals surface area contributed by atoms with Crippen LogP contribution >= 0.6 is 0 Å². The van der Waals surface area contributed by atoms with Gasteiger partial charge in [0.1, 0.15) is 5.76 Å². The third-order valence-electron chi connectivity index (χ3n) is 3.41. The normalized spacial score (nSPS) is 10.4. The molecule has 0 radical (unpaired) electrons. The maximum Gasteiger partial charge on any atom is 0.225 e. The van der Waals surface area contributed by atoms with Crippen molar-refractivity contribution in [1.82, 2.24) is 10.5 Å². The van der Waals surface area contributed by atoms with E-state index in [0.29, 0.717) is 18.1 Å². The Hall–Kier alpha value is -2.63. The summed E-state index contributed by atoms with van der Waals surface area (Å²) < 4.78 is 4.97. The number of carbonyl (C=O) groups is 2. The molecule has 1 aromatic heterocycles. The predicted octanol–water partition coefficient (Wildman–Crippen LogP) is 2.35. The molecule has 1 aromatic carbocycles. The molecule has 1 N–H and O–H groups in total. The van der Waals surface area contributed by atoms with Crippen molar-refractivity contribution in [3.05, 3.63) is 47.2 Å². The Morgan fingerprint density at radius 3 is 2.65 bits per heavy atom. The molecule has 0 aliphatic rings. The van der Waals surface area contributed by atoms with E-state index in [1.165, 1.54) is 11.8 Å². The van der Waals surface area contributed by atoms with E-state index in [-0.39, 0.29) is 24.8 Å². The van der Waals surface area contributed by atoms with E-state index in [4.69, 9.17) is 4.52 Å². The molecule has 0 atom stereocenters. The number of hydrogen-bond acceptors (Lipinski definition) is 4. The Labute approximate surface area is 135 Å². The van der Waals surface area contributed by atoms with E-state index in [0.717, 1.165) is 11.1 Å². The monoisotopic (exact) mass is 315 g/mol. The second-order valence-corrected chi connectivity index (χ2v) is 5.48. The maximum absolute atomic E-state index is 12.0. The predicted molar refractivity (Wildman–Crippen MR) is 86.9 cm³/mol. The minimum atomic E-state index is -0.176. The first kappa shape index (κ1) is 16.7. The van der Waals surface area contributed by atoms with Crippen molar-refractivity contribution < 1.29 is 14.1 Å². The average Bonchev–Trinajstić information content (AvgIpc) is 2.91. The van der Waals surface area contributed by atoms with Gasteiger partial charge in [-0.1, -0.05) is 35.0 Å². The van der Waals surface area contributed by atoms with Gasteiger partial charge in [-0.05, 0) is 19.4 Å². The van der Waals surface area contributed by atoms with Gasteiger partial charge in [0.25, 0.3) is 0 Å². The number of benzene rings is 1. The quantitative estimate of drug-likeness (QED) is 0.888. The Balaban J connectivity index is 1.86. The standard InChI is InChI=1S/C17H21N3O3/c1-12-5-4-6-15(9-12)11-18-17(22)7-8-20(14(3)21)16-10-13(2)23-19-16/h4-6,9-10H,7-8,11H2,1-3H3,(H,18,22). The highest BCUT2D eigenvalue weighted by Crippen LogP contribution is 2.14. The molecule has 0 spiro atoms. The largest absolute Gasteiger partial charge is 0.360 e. The minimum Gasteiger partial charge on any atom is -0.360 e. The molecule has 6 nitrogen and oxygen atoms in total. The van der Waals surface area contributed by atoms with Crippen molar-refractivity contribution in [3.63, 3.8) is 0 Å². The van der Waals surface area contributed by atoms with Gasteiger partial charge in [0, 0.05) is 32.5 Å². The third kappa shape index (κ3) is 4.95. The summed E-state index contributed by atoms with van der Waals surface area (Å²) in [5.74, 6) is 0.763. The topological polar surface area (TPSA) is 75.4 Å². The van der Waals surface area contributed by atoms with E-state index < -0.39 is 0 Å². The van der Waals surface area contributed by atoms with Crippen LogP contribution in [0.5, 0.6) is 0 Å². The highest BCUT2D eigenvalue weighted by molar-refractivity contribution is 5.91. The van der Waals surface area contributed by atoms with Crippen LogP contribution in [0.15, 0.2) is 34.9 Å². The molecule has 1 heterocycles. The van der Waals surface area contributed by atoms with Crippen molar-refractivity contribution in [1.29, 1.82) is 0 Å². The van der Waals surface area contributed by atoms with Gasteiger partial charge < -0.3 is 9.84 Å². The zero-order chi connectivity index (χ0) is 16.8. The number of aryl methyl sites for hydroxylation is 2. The van der Waals surface area contributed by atoms with Crippen LogP contribution in [0.4, 0.5) is 5.82 Å². The van der Waals surface area contributed by atoms with Crippen molar-refractivity contribution >= 4 is 17.6 Å². The summed E-state index contributed by atoms with van der Waals surface area (Å²) in [6.07, 6.45) is 0.206. The molecule has 122 valence electrons. The lowest BCUT2D eigenvalue weighted by molar-refractivity contribution is -0.121. The summed E-state index contributed by atoms with van der Waals surface area (Å²) in [4.78, 5) is 25.1. The lowest BCUT2D eigenvalue weighted by atomic mass is 10.1. The first-order valence-corrected chi connectivity index (χ1v) is 7.49. The molecule has 0 unspecified atom stereocenters. The number of aromatic nitrogens is 1. The number of anilines is 1. The molecule has 0 saturated carbocycles. The second-order valence-electron chi connectivity index (χ2n) is 5.48. The van der Waals surface area contributed by atoms with E-state index in [9.17, 15) is 9.59 Å². The lowest BCUT2D eigenvalue weighted by Gasteiger charge is -2.17. The maximum atomic E-state index is 12.0. The molecule has 6 heteroatoms. The number of nitrogens with zero attached hydrogens (tertiary/aromatic N) is 2. The van der Waals surface area contributed by atoms with Gasteiger partial charge in [0.15, 0.2) is 5.82 Å². The summed E-state index contributed by atoms with van der Waals surface area (Å²) in [5.41, 5.74) is 2.20. The van der Waals surface area contributed by atoms with E-state index >= 15 is 0 Å². The third-order valence-corrected chi connectivity index (χ3v) is 3.41. The molecule has 0 bridgehead atoms. The van der Waals surface area contributed by atoms with Gasteiger partial charge >= 0.3 is 0 Å². The van der Waals surface area contributed by atoms with Gasteiger partial charge in [0.05, 0.1) is 0 Å². The number of nitrogens with one attached hydrogen (secondary N) is 1. The van der Waals surface area contributed by atoms with Gasteiger partial charge in [-0.2, -0.15) is 0 Å². The first-order valence-electron chi connectivity index (χ1n) is 7.49. The van der Waals surface area contributed by atoms with Crippen molar-refractivity contribution in [2.45, 2.75) is 33.7 Å². The molecule has 0 fully saturated rings. The number of hydrogen-bond donors (Lipinski definition) is 1. The fourth-order valence-electron chi connectivity index (χ4n) is 2.24. The number of amides is 2. The molecule has 2 aromatic rings. The lowest BCUT2D eigenvalue weighted by Crippen LogP contribution is -2.34. The molecule has 0 aliphatic heterocycles. The summed E-state index contributed by atoms with van der Waals surface area (Å²) >= 11 is 0. The van der Waals surface area contributed by atoms with Gasteiger partial charge in [-0.3, -0.25) is 14.5 Å². The summed E-state index contributed by atoms with van der Waals surface area (Å²) in [5, 5.41) is 6.67. The van der Waals surface area contributed by atoms with Gasteiger partial charge in [0.2, 0.25) is 11.8 Å². The molecule has 2 amide bonds. The Morgan fingerprint density at radius 2 is 2.04 bits per heavy atom. The summed E-state index contributed by atoms with van der Waals surface area (Å²) in [6, 6.07) is 9.64. The SMILES string of the molecule is CC(=O)N(CCC(=O)NCc1cccc(C)c1)c1cc(C)on1. The molecule has 0 aliphatic carbocycles. The van der Waals surface area contributed by atoms with Crippen LogP contribution in [-0.2, 0) is 16.1 Å². The van der Waals surface area contributed by atoms with Crippen LogP contribution in [0.3, 0.4) is 0 Å². The number of carbonyl (C=O) groups excluding carboxylic acids is 2. The van der Waals surface area contributed by atoms with Crippen LogP contribution in [0, 0.1) is 13.8 Å². The molecule has 2 rings (SSSR count). The fraction of sp³-hybridized carbons (Fsp3) is 0.353. The smallest absolute Gasteiger partial charge is 0.225 e. The Kier molecular flexibility index (Phi) is 5.51. The fourth-order valence-corrected chi connectivity index (χ4v) is 2.24. The second kappa shape index (κ2) is 7.58. The summed E-state index contributed by atoms with van der Waals surface area (Å²) in [7, 11) is 0. The molecule has 23 heavy (non-hydrogen) atoms. The highest BCUT2D eigenvalue weighted by atomic mass is 16.5. The van der Waals surface area contributed by atoms with Crippen LogP contribution in [-0.4, -0.2) is 23.5 Å². The number of rotatable bonds is 6. The van der Waals surface area contributed by atoms with Gasteiger partial charge in [-0.25, -0.2) is 0 Å². The Morgan fingerprint density at radius 1 is 1.26 bits per heavy atom. The van der Waals surface area contributed by atoms with Crippen molar-refractivity contribution in [2.75, 3.05) is 11.4 Å². The molecular formula is C17H21N3O3. The van der Waals surface area contributed by atoms with Crippen molar-refractivity contribution in [3.8, 4) is 0 Å². The molecular weight excluding hydrogens is 294 g/mol. The first-order chi connectivity index (χ1) is 11.0. The van der Waals surface area contributed by atoms with Crippen LogP contribution in [0.25, 0.3) is 0 Å². The van der Waals surface area contributed by atoms with Crippen LogP contribution < -0.4 is 10.2 Å². The minimum absolute atomic E-state index is 0.113. The zero-order valence-corrected chi connectivity index (χ0v) is 13.6. The van der Waals surface area contributed by atoms with Gasteiger partial charge in [-0.15, -0.1) is 0 Å². The highest BCUT2D eigenvalue weighted by Gasteiger charge is 2.16. The van der Waals surface area contributed by atoms with Crippen LogP contribution in [0.2, 0.25) is 0 Å². The van der Waals surface area contributed by atoms with Crippen LogP contribution in [0.1, 0.15) is 30.2 Å². The van der Waals surface area contributed by atoms with E-state index in [1.54, 1.807) is 13.0 Å². The average molecular weight is 315 g/mol.